The quantitative estimate of drug-likeness (QED) is 0.252. The molecule has 0 bridgehead atoms. The molecule has 3 heterocycles. The van der Waals surface area contributed by atoms with E-state index in [0.717, 1.165) is 0 Å². The number of carbonyl (C=O) groups is 1. The first-order chi connectivity index (χ1) is 16.8. The SMILES string of the molecule is COCCOC(=O)c1sc2ncnc(Nc3ccc(S(=O)(=O)Nc4nccc(C)n4)cc3)c2c1C. The van der Waals surface area contributed by atoms with E-state index in [4.69, 9.17) is 9.47 Å². The number of nitrogens with zero attached hydrogens (tertiary/aromatic N) is 4. The number of thiophene rings is 1. The van der Waals surface area contributed by atoms with Crippen LogP contribution in [0.15, 0.2) is 47.8 Å². The summed E-state index contributed by atoms with van der Waals surface area (Å²) in [5, 5.41) is 3.86. The number of ether oxygens (including phenoxy) is 2. The number of fused-ring (bicyclic) bond motifs is 1. The highest BCUT2D eigenvalue weighted by molar-refractivity contribution is 7.92. The van der Waals surface area contributed by atoms with Crippen molar-refractivity contribution in [3.05, 3.63) is 59.0 Å². The lowest BCUT2D eigenvalue weighted by Gasteiger charge is -2.10. The van der Waals surface area contributed by atoms with E-state index >= 15 is 0 Å². The predicted molar refractivity (Wildman–Crippen MR) is 132 cm³/mol. The monoisotopic (exact) mass is 514 g/mol. The predicted octanol–water partition coefficient (Wildman–Crippen LogP) is 3.45. The first-order valence-electron chi connectivity index (χ1n) is 10.4. The number of carbonyl (C=O) groups excluding carboxylic acids is 1. The van der Waals surface area contributed by atoms with Gasteiger partial charge in [-0.1, -0.05) is 0 Å². The Morgan fingerprint density at radius 3 is 2.54 bits per heavy atom. The van der Waals surface area contributed by atoms with E-state index in [9.17, 15) is 13.2 Å². The minimum atomic E-state index is -3.86. The van der Waals surface area contributed by atoms with Gasteiger partial charge in [0.05, 0.1) is 16.9 Å². The number of anilines is 3. The van der Waals surface area contributed by atoms with Gasteiger partial charge in [0, 0.05) is 24.7 Å². The number of nitrogens with one attached hydrogen (secondary N) is 2. The Morgan fingerprint density at radius 2 is 1.83 bits per heavy atom. The number of sulfonamides is 1. The van der Waals surface area contributed by atoms with Crippen molar-refractivity contribution >= 4 is 55.0 Å². The summed E-state index contributed by atoms with van der Waals surface area (Å²) in [5.74, 6) is 0.0368. The fourth-order valence-corrected chi connectivity index (χ4v) is 5.17. The zero-order valence-electron chi connectivity index (χ0n) is 19.1. The van der Waals surface area contributed by atoms with Crippen LogP contribution in [-0.4, -0.2) is 54.6 Å². The number of methoxy groups -OCH3 is 1. The average molecular weight is 515 g/mol. The van der Waals surface area contributed by atoms with Crippen molar-refractivity contribution in [2.45, 2.75) is 18.7 Å². The largest absolute Gasteiger partial charge is 0.459 e. The molecule has 0 aliphatic heterocycles. The van der Waals surface area contributed by atoms with Gasteiger partial charge in [-0.15, -0.1) is 11.3 Å². The molecule has 4 rings (SSSR count). The molecule has 0 unspecified atom stereocenters. The third kappa shape index (κ3) is 5.53. The minimum absolute atomic E-state index is 0.0000586. The van der Waals surface area contributed by atoms with Gasteiger partial charge in [0.2, 0.25) is 5.95 Å². The van der Waals surface area contributed by atoms with Crippen molar-refractivity contribution in [1.82, 2.24) is 19.9 Å². The Bertz CT molecular complexity index is 1470. The maximum Gasteiger partial charge on any atom is 0.348 e. The molecule has 0 saturated carbocycles. The van der Waals surface area contributed by atoms with Crippen molar-refractivity contribution in [2.75, 3.05) is 30.4 Å². The molecular formula is C22H22N6O5S2. The molecule has 4 aromatic rings. The van der Waals surface area contributed by atoms with Crippen molar-refractivity contribution in [3.63, 3.8) is 0 Å². The average Bonchev–Trinajstić information content (AvgIpc) is 3.17. The number of benzene rings is 1. The lowest BCUT2D eigenvalue weighted by Crippen LogP contribution is -2.15. The molecule has 0 saturated heterocycles. The molecule has 1 aromatic carbocycles. The molecular weight excluding hydrogens is 492 g/mol. The number of esters is 1. The Hall–Kier alpha value is -3.68. The van der Waals surface area contributed by atoms with Gasteiger partial charge in [-0.2, -0.15) is 0 Å². The summed E-state index contributed by atoms with van der Waals surface area (Å²) in [5.41, 5.74) is 1.94. The lowest BCUT2D eigenvalue weighted by molar-refractivity contribution is 0.0393. The molecule has 0 fully saturated rings. The lowest BCUT2D eigenvalue weighted by atomic mass is 10.2. The highest BCUT2D eigenvalue weighted by atomic mass is 32.2. The summed E-state index contributed by atoms with van der Waals surface area (Å²) in [7, 11) is -2.33. The number of aryl methyl sites for hydroxylation is 2. The van der Waals surface area contributed by atoms with E-state index < -0.39 is 16.0 Å². The van der Waals surface area contributed by atoms with Gasteiger partial charge >= 0.3 is 5.97 Å². The molecule has 182 valence electrons. The van der Waals surface area contributed by atoms with Crippen molar-refractivity contribution < 1.29 is 22.7 Å². The summed E-state index contributed by atoms with van der Waals surface area (Å²) in [6, 6.07) is 7.81. The van der Waals surface area contributed by atoms with Crippen LogP contribution in [0.1, 0.15) is 20.9 Å². The molecule has 35 heavy (non-hydrogen) atoms. The maximum absolute atomic E-state index is 12.7. The molecule has 0 amide bonds. The molecule has 0 aliphatic carbocycles. The highest BCUT2D eigenvalue weighted by Gasteiger charge is 2.21. The molecule has 0 aliphatic rings. The van der Waals surface area contributed by atoms with Gasteiger partial charge in [0.1, 0.15) is 28.5 Å². The van der Waals surface area contributed by atoms with Crippen LogP contribution >= 0.6 is 11.3 Å². The first-order valence-corrected chi connectivity index (χ1v) is 12.7. The van der Waals surface area contributed by atoms with Crippen LogP contribution < -0.4 is 10.0 Å². The second-order valence-electron chi connectivity index (χ2n) is 7.36. The van der Waals surface area contributed by atoms with E-state index in [0.29, 0.717) is 44.5 Å². The number of hydrogen-bond donors (Lipinski definition) is 2. The van der Waals surface area contributed by atoms with Gasteiger partial charge in [0.15, 0.2) is 0 Å². The molecule has 0 atom stereocenters. The third-order valence-corrected chi connectivity index (χ3v) is 7.40. The topological polar surface area (TPSA) is 145 Å². The third-order valence-electron chi connectivity index (χ3n) is 4.88. The number of rotatable bonds is 9. The summed E-state index contributed by atoms with van der Waals surface area (Å²) >= 11 is 1.22. The first kappa shape index (κ1) is 24.4. The second-order valence-corrected chi connectivity index (χ2v) is 10.0. The van der Waals surface area contributed by atoms with E-state index in [-0.39, 0.29) is 17.5 Å². The van der Waals surface area contributed by atoms with E-state index in [1.807, 2.05) is 0 Å². The van der Waals surface area contributed by atoms with Crippen LogP contribution in [0.4, 0.5) is 17.5 Å². The smallest absolute Gasteiger partial charge is 0.348 e. The zero-order valence-corrected chi connectivity index (χ0v) is 20.7. The molecule has 3 aromatic heterocycles. The van der Waals surface area contributed by atoms with Crippen LogP contribution in [-0.2, 0) is 19.5 Å². The fourth-order valence-electron chi connectivity index (χ4n) is 3.18. The zero-order chi connectivity index (χ0) is 25.0. The standard InChI is InChI=1S/C22H22N6O5S2/c1-13-8-9-23-22(26-13)28-35(30,31)16-6-4-15(5-7-16)27-19-17-14(2)18(21(29)33-11-10-32-3)34-20(17)25-12-24-19/h4-9,12H,10-11H2,1-3H3,(H,23,26,28)(H,24,25,27). The number of hydrogen-bond acceptors (Lipinski definition) is 11. The molecule has 0 spiro atoms. The summed E-state index contributed by atoms with van der Waals surface area (Å²) < 4.78 is 37.9. The molecule has 2 N–H and O–H groups in total. The minimum Gasteiger partial charge on any atom is -0.459 e. The Labute approximate surface area is 205 Å². The van der Waals surface area contributed by atoms with Crippen molar-refractivity contribution in [2.24, 2.45) is 0 Å². The maximum atomic E-state index is 12.7. The van der Waals surface area contributed by atoms with Gasteiger partial charge < -0.3 is 14.8 Å². The van der Waals surface area contributed by atoms with Crippen LogP contribution in [0.2, 0.25) is 0 Å². The van der Waals surface area contributed by atoms with Crippen molar-refractivity contribution in [1.29, 1.82) is 0 Å². The summed E-state index contributed by atoms with van der Waals surface area (Å²) in [4.78, 5) is 30.1. The Kier molecular flexibility index (Phi) is 7.19. The van der Waals surface area contributed by atoms with E-state index in [1.165, 1.54) is 43.1 Å². The molecule has 0 radical (unpaired) electrons. The molecule has 13 heteroatoms. The Morgan fingerprint density at radius 1 is 1.06 bits per heavy atom. The van der Waals surface area contributed by atoms with E-state index in [2.05, 4.69) is 30.0 Å². The van der Waals surface area contributed by atoms with Crippen LogP contribution in [0, 0.1) is 13.8 Å². The van der Waals surface area contributed by atoms with E-state index in [1.54, 1.807) is 32.0 Å². The number of aromatic nitrogens is 4. The summed E-state index contributed by atoms with van der Waals surface area (Å²) in [6.07, 6.45) is 2.87. The Balaban J connectivity index is 1.55. The summed E-state index contributed by atoms with van der Waals surface area (Å²) in [6.45, 7) is 4.00. The van der Waals surface area contributed by atoms with Gasteiger partial charge in [-0.25, -0.2) is 37.9 Å². The van der Waals surface area contributed by atoms with Crippen LogP contribution in [0.25, 0.3) is 10.2 Å². The fraction of sp³-hybridized carbons (Fsp3) is 0.227. The highest BCUT2D eigenvalue weighted by Crippen LogP contribution is 2.35. The normalized spacial score (nSPS) is 11.4. The van der Waals surface area contributed by atoms with Gasteiger partial charge in [0.25, 0.3) is 10.0 Å². The molecule has 11 nitrogen and oxygen atoms in total. The van der Waals surface area contributed by atoms with Crippen LogP contribution in [0.3, 0.4) is 0 Å². The second kappa shape index (κ2) is 10.3. The van der Waals surface area contributed by atoms with Crippen molar-refractivity contribution in [3.8, 4) is 0 Å². The van der Waals surface area contributed by atoms with Gasteiger partial charge in [-0.05, 0) is 49.7 Å². The van der Waals surface area contributed by atoms with Crippen LogP contribution in [0.5, 0.6) is 0 Å². The van der Waals surface area contributed by atoms with Gasteiger partial charge in [-0.3, -0.25) is 0 Å².